The fourth-order valence-electron chi connectivity index (χ4n) is 3.92. The molecule has 3 rings (SSSR count). The Balaban J connectivity index is 1.72. The van der Waals surface area contributed by atoms with Crippen LogP contribution < -0.4 is 5.32 Å². The molecule has 1 aromatic carbocycles. The maximum atomic E-state index is 13.2. The highest BCUT2D eigenvalue weighted by atomic mass is 16.2. The van der Waals surface area contributed by atoms with Crippen LogP contribution in [0.3, 0.4) is 0 Å². The fourth-order valence-corrected chi connectivity index (χ4v) is 3.92. The van der Waals surface area contributed by atoms with E-state index in [1.807, 2.05) is 50.8 Å². The monoisotopic (exact) mass is 439 g/mol. The second-order valence-electron chi connectivity index (χ2n) is 8.56. The largest absolute Gasteiger partial charge is 0.354 e. The summed E-state index contributed by atoms with van der Waals surface area (Å²) in [7, 11) is 0. The highest BCUT2D eigenvalue weighted by Gasteiger charge is 2.28. The van der Waals surface area contributed by atoms with Gasteiger partial charge < -0.3 is 15.1 Å². The molecule has 0 spiro atoms. The lowest BCUT2D eigenvalue weighted by Crippen LogP contribution is -2.37. The average Bonchev–Trinajstić information content (AvgIpc) is 3.10. The number of nitrogens with one attached hydrogen (secondary N) is 1. The molecule has 1 N–H and O–H groups in total. The van der Waals surface area contributed by atoms with Crippen molar-refractivity contribution in [2.75, 3.05) is 19.6 Å². The number of rotatable bonds is 8. The molecule has 172 valence electrons. The average molecular weight is 440 g/mol. The Morgan fingerprint density at radius 2 is 2.00 bits per heavy atom. The highest BCUT2D eigenvalue weighted by Crippen LogP contribution is 2.18. The van der Waals surface area contributed by atoms with E-state index in [0.29, 0.717) is 38.4 Å². The minimum absolute atomic E-state index is 0.0610. The molecule has 0 aliphatic carbocycles. The molecule has 2 heterocycles. The van der Waals surface area contributed by atoms with Crippen molar-refractivity contribution >= 4 is 17.7 Å². The molecule has 8 heteroatoms. The van der Waals surface area contributed by atoms with Crippen LogP contribution in [0.25, 0.3) is 0 Å². The molecule has 1 aromatic heterocycles. The van der Waals surface area contributed by atoms with Gasteiger partial charge in [-0.25, -0.2) is 0 Å². The number of aryl methyl sites for hydroxylation is 2. The molecule has 8 nitrogen and oxygen atoms in total. The Hall–Kier alpha value is -3.16. The number of carbonyl (C=O) groups is 3. The lowest BCUT2D eigenvalue weighted by Gasteiger charge is -2.21. The van der Waals surface area contributed by atoms with Crippen molar-refractivity contribution in [3.8, 4) is 0 Å². The molecule has 1 aliphatic heterocycles. The molecule has 0 radical (unpaired) electrons. The first-order valence-corrected chi connectivity index (χ1v) is 11.3. The minimum atomic E-state index is -0.261. The van der Waals surface area contributed by atoms with E-state index in [9.17, 15) is 14.4 Å². The van der Waals surface area contributed by atoms with E-state index >= 15 is 0 Å². The van der Waals surface area contributed by atoms with Gasteiger partial charge in [-0.2, -0.15) is 5.10 Å². The van der Waals surface area contributed by atoms with Crippen LogP contribution >= 0.6 is 0 Å². The fraction of sp³-hybridized carbons (Fsp3) is 0.500. The van der Waals surface area contributed by atoms with Gasteiger partial charge in [-0.1, -0.05) is 29.8 Å². The van der Waals surface area contributed by atoms with Crippen LogP contribution in [-0.4, -0.2) is 63.0 Å². The summed E-state index contributed by atoms with van der Waals surface area (Å²) < 4.78 is 1.64. The van der Waals surface area contributed by atoms with Crippen LogP contribution in [0.2, 0.25) is 0 Å². The first-order chi connectivity index (χ1) is 15.3. The summed E-state index contributed by atoms with van der Waals surface area (Å²) in [5.74, 6) is -0.466. The predicted molar refractivity (Wildman–Crippen MR) is 122 cm³/mol. The van der Waals surface area contributed by atoms with Gasteiger partial charge in [0.15, 0.2) is 5.69 Å². The van der Waals surface area contributed by atoms with Crippen LogP contribution in [0.1, 0.15) is 65.7 Å². The van der Waals surface area contributed by atoms with Crippen molar-refractivity contribution in [1.82, 2.24) is 24.9 Å². The minimum Gasteiger partial charge on any atom is -0.354 e. The Bertz CT molecular complexity index is 982. The van der Waals surface area contributed by atoms with Gasteiger partial charge in [-0.15, -0.1) is 0 Å². The van der Waals surface area contributed by atoms with Gasteiger partial charge >= 0.3 is 0 Å². The van der Waals surface area contributed by atoms with Crippen LogP contribution in [0, 0.1) is 6.92 Å². The second kappa shape index (κ2) is 10.4. The number of fused-ring (bicyclic) bond motifs is 1. The third-order valence-corrected chi connectivity index (χ3v) is 5.49. The molecule has 0 saturated heterocycles. The van der Waals surface area contributed by atoms with E-state index in [1.165, 1.54) is 0 Å². The number of hydrogen-bond donors (Lipinski definition) is 1. The third-order valence-electron chi connectivity index (χ3n) is 5.49. The molecule has 0 atom stereocenters. The normalized spacial score (nSPS) is 13.7. The van der Waals surface area contributed by atoms with Gasteiger partial charge in [0.1, 0.15) is 5.69 Å². The zero-order valence-electron chi connectivity index (χ0n) is 19.4. The van der Waals surface area contributed by atoms with Gasteiger partial charge in [-0.05, 0) is 39.7 Å². The number of carbonyl (C=O) groups excluding carboxylic acids is 3. The zero-order valence-corrected chi connectivity index (χ0v) is 19.4. The van der Waals surface area contributed by atoms with Crippen molar-refractivity contribution in [2.24, 2.45) is 0 Å². The van der Waals surface area contributed by atoms with Crippen molar-refractivity contribution in [3.63, 3.8) is 0 Å². The summed E-state index contributed by atoms with van der Waals surface area (Å²) in [5.41, 5.74) is 2.92. The molecule has 0 fully saturated rings. The molecule has 32 heavy (non-hydrogen) atoms. The second-order valence-corrected chi connectivity index (χ2v) is 8.56. The van der Waals surface area contributed by atoms with E-state index in [-0.39, 0.29) is 35.9 Å². The topological polar surface area (TPSA) is 87.5 Å². The molecule has 0 saturated carbocycles. The molecule has 2 aromatic rings. The van der Waals surface area contributed by atoms with Crippen molar-refractivity contribution in [1.29, 1.82) is 0 Å². The molecular formula is C24H33N5O3. The van der Waals surface area contributed by atoms with E-state index in [2.05, 4.69) is 16.5 Å². The maximum Gasteiger partial charge on any atom is 0.274 e. The number of benzene rings is 1. The lowest BCUT2D eigenvalue weighted by molar-refractivity contribution is -0.121. The highest BCUT2D eigenvalue weighted by molar-refractivity contribution is 5.98. The van der Waals surface area contributed by atoms with Crippen molar-refractivity contribution < 1.29 is 14.4 Å². The Labute approximate surface area is 189 Å². The van der Waals surface area contributed by atoms with Gasteiger partial charge in [0.25, 0.3) is 11.8 Å². The summed E-state index contributed by atoms with van der Waals surface area (Å²) in [4.78, 5) is 41.6. The van der Waals surface area contributed by atoms with E-state index in [0.717, 1.165) is 17.5 Å². The smallest absolute Gasteiger partial charge is 0.274 e. The summed E-state index contributed by atoms with van der Waals surface area (Å²) in [6.45, 7) is 10.2. The lowest BCUT2D eigenvalue weighted by atomic mass is 10.1. The zero-order chi connectivity index (χ0) is 23.3. The van der Waals surface area contributed by atoms with Crippen LogP contribution in [0.15, 0.2) is 30.3 Å². The Morgan fingerprint density at radius 3 is 2.69 bits per heavy atom. The quantitative estimate of drug-likeness (QED) is 0.685. The molecular weight excluding hydrogens is 406 g/mol. The molecule has 0 bridgehead atoms. The number of amides is 3. The summed E-state index contributed by atoms with van der Waals surface area (Å²) >= 11 is 0. The summed E-state index contributed by atoms with van der Waals surface area (Å²) in [6, 6.07) is 9.79. The standard InChI is InChI=1S/C24H33N5O3/c1-5-27(13-10-22(30)25-17(2)3)23(31)20-15-21-24(32)28(11-7-12-29(21)26-20)16-19-9-6-8-18(4)14-19/h6,8-9,14-15,17H,5,7,10-13,16H2,1-4H3,(H,25,30). The number of nitrogens with zero attached hydrogens (tertiary/aromatic N) is 4. The Kier molecular flexibility index (Phi) is 7.66. The van der Waals surface area contributed by atoms with E-state index in [1.54, 1.807) is 15.6 Å². The van der Waals surface area contributed by atoms with Crippen molar-refractivity contribution in [2.45, 2.75) is 59.7 Å². The summed E-state index contributed by atoms with van der Waals surface area (Å²) in [5, 5.41) is 7.27. The number of aromatic nitrogens is 2. The van der Waals surface area contributed by atoms with Gasteiger partial charge in [-0.3, -0.25) is 19.1 Å². The molecule has 3 amide bonds. The van der Waals surface area contributed by atoms with Gasteiger partial charge in [0, 0.05) is 51.3 Å². The first-order valence-electron chi connectivity index (χ1n) is 11.3. The van der Waals surface area contributed by atoms with Crippen LogP contribution in [0.5, 0.6) is 0 Å². The predicted octanol–water partition coefficient (Wildman–Crippen LogP) is 2.61. The Morgan fingerprint density at radius 1 is 1.22 bits per heavy atom. The summed E-state index contributed by atoms with van der Waals surface area (Å²) in [6.07, 6.45) is 1.00. The number of hydrogen-bond acceptors (Lipinski definition) is 4. The van der Waals surface area contributed by atoms with Crippen LogP contribution in [-0.2, 0) is 17.9 Å². The van der Waals surface area contributed by atoms with E-state index in [4.69, 9.17) is 0 Å². The SMILES string of the molecule is CCN(CCC(=O)NC(C)C)C(=O)c1cc2n(n1)CCCN(Cc1cccc(C)c1)C2=O. The van der Waals surface area contributed by atoms with Crippen LogP contribution in [0.4, 0.5) is 0 Å². The van der Waals surface area contributed by atoms with E-state index < -0.39 is 0 Å². The first kappa shape index (κ1) is 23.5. The van der Waals surface area contributed by atoms with Crippen molar-refractivity contribution in [3.05, 3.63) is 52.8 Å². The molecule has 0 unspecified atom stereocenters. The molecule has 1 aliphatic rings. The third kappa shape index (κ3) is 5.75. The maximum absolute atomic E-state index is 13.2. The van der Waals surface area contributed by atoms with Gasteiger partial charge in [0.2, 0.25) is 5.91 Å². The van der Waals surface area contributed by atoms with Gasteiger partial charge in [0.05, 0.1) is 0 Å².